The van der Waals surface area contributed by atoms with Gasteiger partial charge < -0.3 is 9.32 Å². The first-order chi connectivity index (χ1) is 16.5. The standard InChI is InChI=1S/C25H24N4O4S/c30-25(27-13-15-28(16-14-27)34(31,32)19-20-8-3-1-4-9-20)23-18-22(24-12-7-17-33-24)26-29(23)21-10-5-2-6-11-21/h1-12,17-18H,13-16,19H2. The van der Waals surface area contributed by atoms with Crippen LogP contribution in [0.1, 0.15) is 16.1 Å². The van der Waals surface area contributed by atoms with E-state index < -0.39 is 10.0 Å². The molecule has 0 unspecified atom stereocenters. The smallest absolute Gasteiger partial charge is 0.272 e. The number of rotatable bonds is 6. The van der Waals surface area contributed by atoms with Crippen LogP contribution in [0.3, 0.4) is 0 Å². The van der Waals surface area contributed by atoms with Crippen molar-refractivity contribution in [2.45, 2.75) is 5.75 Å². The number of piperazine rings is 1. The number of hydrogen-bond donors (Lipinski definition) is 0. The van der Waals surface area contributed by atoms with Crippen molar-refractivity contribution in [2.75, 3.05) is 26.2 Å². The molecule has 4 aromatic rings. The monoisotopic (exact) mass is 476 g/mol. The molecule has 0 radical (unpaired) electrons. The van der Waals surface area contributed by atoms with Gasteiger partial charge in [0.25, 0.3) is 5.91 Å². The molecule has 0 N–H and O–H groups in total. The van der Waals surface area contributed by atoms with E-state index in [1.807, 2.05) is 48.5 Å². The number of hydrogen-bond acceptors (Lipinski definition) is 5. The van der Waals surface area contributed by atoms with E-state index in [0.717, 1.165) is 11.3 Å². The Bertz CT molecular complexity index is 1360. The number of carbonyl (C=O) groups is 1. The van der Waals surface area contributed by atoms with E-state index in [2.05, 4.69) is 5.10 Å². The maximum atomic E-state index is 13.5. The number of benzene rings is 2. The van der Waals surface area contributed by atoms with Gasteiger partial charge in [0.15, 0.2) is 5.76 Å². The lowest BCUT2D eigenvalue weighted by molar-refractivity contribution is 0.0688. The van der Waals surface area contributed by atoms with Gasteiger partial charge >= 0.3 is 0 Å². The van der Waals surface area contributed by atoms with Crippen LogP contribution in [0.15, 0.2) is 89.5 Å². The van der Waals surface area contributed by atoms with E-state index in [9.17, 15) is 13.2 Å². The van der Waals surface area contributed by atoms with Crippen LogP contribution in [-0.4, -0.2) is 59.5 Å². The highest BCUT2D eigenvalue weighted by Crippen LogP contribution is 2.24. The zero-order valence-electron chi connectivity index (χ0n) is 18.4. The first-order valence-corrected chi connectivity index (χ1v) is 12.6. The molecule has 0 spiro atoms. The van der Waals surface area contributed by atoms with Crippen LogP contribution in [0.4, 0.5) is 0 Å². The summed E-state index contributed by atoms with van der Waals surface area (Å²) in [5.41, 5.74) is 2.46. The minimum Gasteiger partial charge on any atom is -0.463 e. The van der Waals surface area contributed by atoms with Gasteiger partial charge in [0.2, 0.25) is 10.0 Å². The molecule has 174 valence electrons. The largest absolute Gasteiger partial charge is 0.463 e. The van der Waals surface area contributed by atoms with Gasteiger partial charge in [0.1, 0.15) is 11.4 Å². The van der Waals surface area contributed by atoms with E-state index in [4.69, 9.17) is 4.42 Å². The number of sulfonamides is 1. The van der Waals surface area contributed by atoms with Crippen molar-refractivity contribution in [3.05, 3.63) is 96.4 Å². The lowest BCUT2D eigenvalue weighted by Gasteiger charge is -2.34. The van der Waals surface area contributed by atoms with Gasteiger partial charge in [-0.05, 0) is 29.8 Å². The molecule has 0 atom stereocenters. The molecule has 1 aliphatic rings. The number of carbonyl (C=O) groups excluding carboxylic acids is 1. The van der Waals surface area contributed by atoms with Crippen LogP contribution >= 0.6 is 0 Å². The Morgan fingerprint density at radius 2 is 1.56 bits per heavy atom. The average Bonchev–Trinajstić information content (AvgIpc) is 3.55. The van der Waals surface area contributed by atoms with Gasteiger partial charge in [0, 0.05) is 32.2 Å². The molecular weight excluding hydrogens is 452 g/mol. The molecule has 0 aliphatic carbocycles. The van der Waals surface area contributed by atoms with Crippen LogP contribution in [0.2, 0.25) is 0 Å². The van der Waals surface area contributed by atoms with Gasteiger partial charge in [-0.25, -0.2) is 13.1 Å². The predicted octanol–water partition coefficient (Wildman–Crippen LogP) is 3.42. The maximum Gasteiger partial charge on any atom is 0.272 e. The third-order valence-electron chi connectivity index (χ3n) is 5.81. The fourth-order valence-corrected chi connectivity index (χ4v) is 5.57. The van der Waals surface area contributed by atoms with Crippen LogP contribution in [-0.2, 0) is 15.8 Å². The number of nitrogens with zero attached hydrogens (tertiary/aromatic N) is 4. The van der Waals surface area contributed by atoms with Crippen molar-refractivity contribution in [1.29, 1.82) is 0 Å². The molecule has 34 heavy (non-hydrogen) atoms. The molecule has 1 amide bonds. The second-order valence-electron chi connectivity index (χ2n) is 8.07. The van der Waals surface area contributed by atoms with Crippen LogP contribution in [0.25, 0.3) is 17.1 Å². The summed E-state index contributed by atoms with van der Waals surface area (Å²) >= 11 is 0. The molecule has 8 nitrogen and oxygen atoms in total. The molecule has 1 fully saturated rings. The fourth-order valence-electron chi connectivity index (χ4n) is 4.05. The van der Waals surface area contributed by atoms with Gasteiger partial charge in [-0.15, -0.1) is 0 Å². The number of furan rings is 1. The molecule has 1 saturated heterocycles. The van der Waals surface area contributed by atoms with Gasteiger partial charge in [-0.1, -0.05) is 48.5 Å². The van der Waals surface area contributed by atoms with Gasteiger partial charge in [0.05, 0.1) is 17.7 Å². The SMILES string of the molecule is O=C(c1cc(-c2ccco2)nn1-c1ccccc1)N1CCN(S(=O)(=O)Cc2ccccc2)CC1. The molecule has 1 aliphatic heterocycles. The third-order valence-corrected chi connectivity index (χ3v) is 7.66. The summed E-state index contributed by atoms with van der Waals surface area (Å²) in [7, 11) is -3.46. The first-order valence-electron chi connectivity index (χ1n) is 11.0. The number of amides is 1. The van der Waals surface area contributed by atoms with Crippen molar-refractivity contribution >= 4 is 15.9 Å². The molecular formula is C25H24N4O4S. The van der Waals surface area contributed by atoms with E-state index in [0.29, 0.717) is 30.2 Å². The van der Waals surface area contributed by atoms with Gasteiger partial charge in [-0.3, -0.25) is 4.79 Å². The van der Waals surface area contributed by atoms with Crippen molar-refractivity contribution in [3.8, 4) is 17.1 Å². The van der Waals surface area contributed by atoms with Crippen molar-refractivity contribution in [1.82, 2.24) is 19.0 Å². The Balaban J connectivity index is 1.35. The second kappa shape index (κ2) is 9.28. The first kappa shape index (κ1) is 22.1. The third kappa shape index (κ3) is 4.52. The van der Waals surface area contributed by atoms with Gasteiger partial charge in [-0.2, -0.15) is 9.40 Å². The normalized spacial score (nSPS) is 14.9. The predicted molar refractivity (Wildman–Crippen MR) is 128 cm³/mol. The summed E-state index contributed by atoms with van der Waals surface area (Å²) in [5.74, 6) is 0.324. The Labute approximate surface area is 198 Å². The van der Waals surface area contributed by atoms with E-state index >= 15 is 0 Å². The average molecular weight is 477 g/mol. The van der Waals surface area contributed by atoms with Crippen molar-refractivity contribution in [2.24, 2.45) is 0 Å². The Morgan fingerprint density at radius 3 is 2.21 bits per heavy atom. The van der Waals surface area contributed by atoms with Crippen LogP contribution < -0.4 is 0 Å². The highest BCUT2D eigenvalue weighted by atomic mass is 32.2. The summed E-state index contributed by atoms with van der Waals surface area (Å²) < 4.78 is 34.3. The Morgan fingerprint density at radius 1 is 0.882 bits per heavy atom. The molecule has 3 heterocycles. The van der Waals surface area contributed by atoms with Crippen LogP contribution in [0.5, 0.6) is 0 Å². The van der Waals surface area contributed by atoms with E-state index in [1.165, 1.54) is 4.31 Å². The maximum absolute atomic E-state index is 13.5. The zero-order chi connectivity index (χ0) is 23.5. The summed E-state index contributed by atoms with van der Waals surface area (Å²) in [4.78, 5) is 15.2. The molecule has 0 bridgehead atoms. The second-order valence-corrected chi connectivity index (χ2v) is 10.0. The van der Waals surface area contributed by atoms with Crippen LogP contribution in [0, 0.1) is 0 Å². The molecule has 0 saturated carbocycles. The number of aromatic nitrogens is 2. The fraction of sp³-hybridized carbons (Fsp3) is 0.200. The number of para-hydroxylation sites is 1. The highest BCUT2D eigenvalue weighted by Gasteiger charge is 2.31. The molecule has 9 heteroatoms. The highest BCUT2D eigenvalue weighted by molar-refractivity contribution is 7.88. The lowest BCUT2D eigenvalue weighted by Crippen LogP contribution is -2.51. The molecule has 2 aromatic carbocycles. The lowest BCUT2D eigenvalue weighted by atomic mass is 10.2. The summed E-state index contributed by atoms with van der Waals surface area (Å²) in [6.07, 6.45) is 1.56. The minimum atomic E-state index is -3.46. The van der Waals surface area contributed by atoms with E-state index in [1.54, 1.807) is 46.2 Å². The van der Waals surface area contributed by atoms with E-state index in [-0.39, 0.29) is 24.7 Å². The zero-order valence-corrected chi connectivity index (χ0v) is 19.3. The summed E-state index contributed by atoms with van der Waals surface area (Å²) in [6.45, 7) is 1.13. The Kier molecular flexibility index (Phi) is 6.04. The van der Waals surface area contributed by atoms with Crippen molar-refractivity contribution < 1.29 is 17.6 Å². The minimum absolute atomic E-state index is 0.0466. The molecule has 5 rings (SSSR count). The molecule has 2 aromatic heterocycles. The summed E-state index contributed by atoms with van der Waals surface area (Å²) in [6, 6.07) is 23.8. The van der Waals surface area contributed by atoms with Crippen molar-refractivity contribution in [3.63, 3.8) is 0 Å². The summed E-state index contributed by atoms with van der Waals surface area (Å²) in [5, 5.41) is 4.61. The topological polar surface area (TPSA) is 88.7 Å². The quantitative estimate of drug-likeness (QED) is 0.426. The Hall–Kier alpha value is -3.69.